The first kappa shape index (κ1) is 17.0. The number of nitrogens with one attached hydrogen (secondary N) is 1. The van der Waals surface area contributed by atoms with Crippen molar-refractivity contribution >= 4 is 55.8 Å². The van der Waals surface area contributed by atoms with Crippen LogP contribution >= 0.6 is 34.5 Å². The maximum Gasteiger partial charge on any atom is 0.230 e. The van der Waals surface area contributed by atoms with Gasteiger partial charge in [-0.15, -0.1) is 0 Å². The molecule has 0 fully saturated rings. The summed E-state index contributed by atoms with van der Waals surface area (Å²) in [5.41, 5.74) is 1.62. The van der Waals surface area contributed by atoms with Crippen LogP contribution in [0.15, 0.2) is 36.4 Å². The third-order valence-corrected chi connectivity index (χ3v) is 4.94. The van der Waals surface area contributed by atoms with E-state index in [9.17, 15) is 4.79 Å². The summed E-state index contributed by atoms with van der Waals surface area (Å²) in [4.78, 5) is 16.6. The monoisotopic (exact) mass is 380 g/mol. The molecule has 1 heterocycles. The molecule has 3 aromatic rings. The smallest absolute Gasteiger partial charge is 0.230 e. The van der Waals surface area contributed by atoms with E-state index < -0.39 is 0 Å². The summed E-state index contributed by atoms with van der Waals surface area (Å²) in [5.74, 6) is 0.639. The van der Waals surface area contributed by atoms with Crippen molar-refractivity contribution in [2.75, 3.05) is 11.9 Å². The molecule has 0 radical (unpaired) electrons. The zero-order chi connectivity index (χ0) is 17.1. The molecule has 4 nitrogen and oxygen atoms in total. The van der Waals surface area contributed by atoms with Crippen LogP contribution in [0, 0.1) is 0 Å². The molecule has 0 aliphatic rings. The van der Waals surface area contributed by atoms with Crippen LogP contribution in [0.5, 0.6) is 5.75 Å². The molecule has 0 aliphatic heterocycles. The zero-order valence-electron chi connectivity index (χ0n) is 12.8. The molecule has 0 bridgehead atoms. The molecule has 0 unspecified atom stereocenters. The second kappa shape index (κ2) is 7.38. The summed E-state index contributed by atoms with van der Waals surface area (Å²) in [7, 11) is 0. The number of aromatic nitrogens is 1. The van der Waals surface area contributed by atoms with Crippen molar-refractivity contribution in [2.24, 2.45) is 0 Å². The molecular weight excluding hydrogens is 367 g/mol. The minimum absolute atomic E-state index is 0.155. The van der Waals surface area contributed by atoms with Gasteiger partial charge in [0, 0.05) is 0 Å². The summed E-state index contributed by atoms with van der Waals surface area (Å²) >= 11 is 13.3. The average Bonchev–Trinajstić information content (AvgIpc) is 2.92. The van der Waals surface area contributed by atoms with Crippen molar-refractivity contribution in [1.29, 1.82) is 0 Å². The van der Waals surface area contributed by atoms with Crippen LogP contribution in [0.25, 0.3) is 10.2 Å². The molecule has 0 saturated heterocycles. The van der Waals surface area contributed by atoms with E-state index in [1.165, 1.54) is 11.3 Å². The molecule has 0 spiro atoms. The Labute approximate surface area is 153 Å². The van der Waals surface area contributed by atoms with Gasteiger partial charge in [0.1, 0.15) is 5.75 Å². The highest BCUT2D eigenvalue weighted by Gasteiger charge is 2.10. The Hall–Kier alpha value is -1.82. The van der Waals surface area contributed by atoms with Crippen LogP contribution < -0.4 is 10.1 Å². The molecule has 0 aliphatic carbocycles. The maximum atomic E-state index is 12.2. The highest BCUT2D eigenvalue weighted by Crippen LogP contribution is 2.29. The lowest BCUT2D eigenvalue weighted by Gasteiger charge is -2.03. The summed E-state index contributed by atoms with van der Waals surface area (Å²) in [6.45, 7) is 2.54. The van der Waals surface area contributed by atoms with Gasteiger partial charge in [-0.3, -0.25) is 4.79 Å². The van der Waals surface area contributed by atoms with E-state index in [4.69, 9.17) is 27.9 Å². The predicted molar refractivity (Wildman–Crippen MR) is 99.6 cm³/mol. The number of halogens is 2. The van der Waals surface area contributed by atoms with Gasteiger partial charge in [-0.2, -0.15) is 0 Å². The van der Waals surface area contributed by atoms with Crippen molar-refractivity contribution in [3.05, 3.63) is 52.0 Å². The van der Waals surface area contributed by atoms with Gasteiger partial charge >= 0.3 is 0 Å². The van der Waals surface area contributed by atoms with Crippen molar-refractivity contribution in [2.45, 2.75) is 13.3 Å². The minimum Gasteiger partial charge on any atom is -0.494 e. The number of thiazole rings is 1. The molecule has 24 heavy (non-hydrogen) atoms. The van der Waals surface area contributed by atoms with E-state index in [0.29, 0.717) is 21.8 Å². The Balaban J connectivity index is 1.71. The van der Waals surface area contributed by atoms with Crippen LogP contribution in [-0.4, -0.2) is 17.5 Å². The quantitative estimate of drug-likeness (QED) is 0.662. The Bertz CT molecular complexity index is 895. The third-order valence-electron chi connectivity index (χ3n) is 3.27. The number of nitrogens with zero attached hydrogens (tertiary/aromatic N) is 1. The molecule has 1 aromatic heterocycles. The van der Waals surface area contributed by atoms with Crippen LogP contribution in [0.1, 0.15) is 12.5 Å². The van der Waals surface area contributed by atoms with E-state index >= 15 is 0 Å². The molecular formula is C17H14Cl2N2O2S. The molecule has 7 heteroatoms. The number of carbonyl (C=O) groups excluding carboxylic acids is 1. The van der Waals surface area contributed by atoms with Gasteiger partial charge in [-0.05, 0) is 42.8 Å². The van der Waals surface area contributed by atoms with Gasteiger partial charge < -0.3 is 10.1 Å². The normalized spacial score (nSPS) is 10.8. The van der Waals surface area contributed by atoms with Crippen molar-refractivity contribution in [1.82, 2.24) is 4.98 Å². The maximum absolute atomic E-state index is 12.2. The number of ether oxygens (including phenoxy) is 1. The molecule has 0 saturated carbocycles. The van der Waals surface area contributed by atoms with Gasteiger partial charge in [-0.25, -0.2) is 4.98 Å². The molecule has 124 valence electrons. The largest absolute Gasteiger partial charge is 0.494 e. The lowest BCUT2D eigenvalue weighted by Crippen LogP contribution is -2.14. The fraction of sp³-hybridized carbons (Fsp3) is 0.176. The third kappa shape index (κ3) is 3.98. The van der Waals surface area contributed by atoms with Crippen molar-refractivity contribution in [3.8, 4) is 5.75 Å². The summed E-state index contributed by atoms with van der Waals surface area (Å²) in [6.07, 6.45) is 0.205. The second-order valence-corrected chi connectivity index (χ2v) is 6.90. The Morgan fingerprint density at radius 3 is 2.79 bits per heavy atom. The minimum atomic E-state index is -0.155. The number of carbonyl (C=O) groups is 1. The fourth-order valence-electron chi connectivity index (χ4n) is 2.21. The molecule has 2 aromatic carbocycles. The first-order chi connectivity index (χ1) is 11.5. The van der Waals surface area contributed by atoms with Gasteiger partial charge in [0.2, 0.25) is 5.91 Å². The van der Waals surface area contributed by atoms with E-state index in [0.717, 1.165) is 21.5 Å². The molecule has 3 rings (SSSR count). The first-order valence-corrected chi connectivity index (χ1v) is 8.89. The van der Waals surface area contributed by atoms with E-state index in [2.05, 4.69) is 10.3 Å². The Morgan fingerprint density at radius 1 is 1.21 bits per heavy atom. The van der Waals surface area contributed by atoms with Gasteiger partial charge in [0.05, 0.1) is 33.3 Å². The lowest BCUT2D eigenvalue weighted by molar-refractivity contribution is -0.115. The summed E-state index contributed by atoms with van der Waals surface area (Å²) in [5, 5.41) is 4.28. The number of benzene rings is 2. The van der Waals surface area contributed by atoms with Crippen LogP contribution in [0.3, 0.4) is 0 Å². The fourth-order valence-corrected chi connectivity index (χ4v) is 3.44. The number of amides is 1. The highest BCUT2D eigenvalue weighted by atomic mass is 35.5. The van der Waals surface area contributed by atoms with Crippen LogP contribution in [0.2, 0.25) is 10.0 Å². The van der Waals surface area contributed by atoms with E-state index in [1.54, 1.807) is 18.2 Å². The number of fused-ring (bicyclic) bond motifs is 1. The van der Waals surface area contributed by atoms with Crippen LogP contribution in [0.4, 0.5) is 5.13 Å². The average molecular weight is 381 g/mol. The predicted octanol–water partition coefficient (Wildman–Crippen LogP) is 5.18. The van der Waals surface area contributed by atoms with E-state index in [-0.39, 0.29) is 12.3 Å². The summed E-state index contributed by atoms with van der Waals surface area (Å²) in [6, 6.07) is 10.8. The summed E-state index contributed by atoms with van der Waals surface area (Å²) < 4.78 is 6.44. The Morgan fingerprint density at radius 2 is 2.04 bits per heavy atom. The van der Waals surface area contributed by atoms with Crippen molar-refractivity contribution < 1.29 is 9.53 Å². The molecule has 1 amide bonds. The lowest BCUT2D eigenvalue weighted by atomic mass is 10.1. The second-order valence-electron chi connectivity index (χ2n) is 5.05. The Kier molecular flexibility index (Phi) is 5.23. The molecule has 0 atom stereocenters. The van der Waals surface area contributed by atoms with Crippen molar-refractivity contribution in [3.63, 3.8) is 0 Å². The number of hydrogen-bond donors (Lipinski definition) is 1. The SMILES string of the molecule is CCOc1ccc2nc(NC(=O)Cc3ccc(Cl)c(Cl)c3)sc2c1. The van der Waals surface area contributed by atoms with Crippen LogP contribution in [-0.2, 0) is 11.2 Å². The number of rotatable bonds is 5. The van der Waals surface area contributed by atoms with E-state index in [1.807, 2.05) is 25.1 Å². The number of hydrogen-bond acceptors (Lipinski definition) is 4. The topological polar surface area (TPSA) is 51.2 Å². The van der Waals surface area contributed by atoms with Gasteiger partial charge in [0.25, 0.3) is 0 Å². The zero-order valence-corrected chi connectivity index (χ0v) is 15.1. The highest BCUT2D eigenvalue weighted by molar-refractivity contribution is 7.22. The first-order valence-electron chi connectivity index (χ1n) is 7.32. The standard InChI is InChI=1S/C17H14Cl2N2O2S/c1-2-23-11-4-6-14-15(9-11)24-17(20-14)21-16(22)8-10-3-5-12(18)13(19)7-10/h3-7,9H,2,8H2,1H3,(H,20,21,22). The molecule has 1 N–H and O–H groups in total. The van der Waals surface area contributed by atoms with Gasteiger partial charge in [0.15, 0.2) is 5.13 Å². The number of anilines is 1. The van der Waals surface area contributed by atoms with Gasteiger partial charge in [-0.1, -0.05) is 40.6 Å².